The number of aliphatic hydroxyl groups excluding tert-OH is 2. The molecule has 2 saturated heterocycles. The van der Waals surface area contributed by atoms with Crippen molar-refractivity contribution in [2.75, 3.05) is 26.7 Å². The van der Waals surface area contributed by atoms with Crippen molar-refractivity contribution in [1.82, 2.24) is 20.4 Å². The van der Waals surface area contributed by atoms with Crippen LogP contribution in [0.5, 0.6) is 0 Å². The number of aromatic nitrogens is 2. The number of carbonyl (C=O) groups excluding carboxylic acids is 1. The average Bonchev–Trinajstić information content (AvgIpc) is 3.02. The number of ether oxygens (including phenoxy) is 1. The molecular weight excluding hydrogens is 304 g/mol. The molecule has 1 spiro atoms. The molecule has 1 aromatic rings. The third-order valence-electron chi connectivity index (χ3n) is 4.61. The smallest absolute Gasteiger partial charge is 0.292 e. The monoisotopic (exact) mass is 326 g/mol. The van der Waals surface area contributed by atoms with Crippen LogP contribution < -0.4 is 5.32 Å². The van der Waals surface area contributed by atoms with Crippen LogP contribution in [0.2, 0.25) is 0 Å². The minimum Gasteiger partial charge on any atom is -0.390 e. The van der Waals surface area contributed by atoms with Gasteiger partial charge in [-0.25, -0.2) is 0 Å². The summed E-state index contributed by atoms with van der Waals surface area (Å²) in [7, 11) is 1.51. The fraction of sp³-hybridized carbons (Fsp3) is 0.786. The number of hydrogen-bond donors (Lipinski definition) is 3. The summed E-state index contributed by atoms with van der Waals surface area (Å²) in [6, 6.07) is 0. The van der Waals surface area contributed by atoms with E-state index in [1.54, 1.807) is 0 Å². The molecule has 0 aromatic carbocycles. The van der Waals surface area contributed by atoms with Crippen molar-refractivity contribution in [3.63, 3.8) is 0 Å². The summed E-state index contributed by atoms with van der Waals surface area (Å²) in [4.78, 5) is 17.6. The molecule has 9 heteroatoms. The summed E-state index contributed by atoms with van der Waals surface area (Å²) in [6.45, 7) is 2.19. The van der Waals surface area contributed by atoms with E-state index in [0.717, 1.165) is 25.9 Å². The summed E-state index contributed by atoms with van der Waals surface area (Å²) < 4.78 is 10.9. The van der Waals surface area contributed by atoms with Crippen LogP contribution in [0.25, 0.3) is 0 Å². The Labute approximate surface area is 133 Å². The molecule has 3 N–H and O–H groups in total. The third kappa shape index (κ3) is 3.52. The van der Waals surface area contributed by atoms with Gasteiger partial charge in [-0.3, -0.25) is 9.69 Å². The summed E-state index contributed by atoms with van der Waals surface area (Å²) in [6.07, 6.45) is 0.491. The molecule has 128 valence electrons. The Morgan fingerprint density at radius 1 is 1.39 bits per heavy atom. The summed E-state index contributed by atoms with van der Waals surface area (Å²) in [5.74, 6) is 0.0593. The minimum atomic E-state index is -0.791. The zero-order valence-corrected chi connectivity index (χ0v) is 13.1. The molecule has 0 radical (unpaired) electrons. The number of aliphatic hydroxyl groups is 2. The highest BCUT2D eigenvalue weighted by Gasteiger charge is 2.43. The highest BCUT2D eigenvalue weighted by molar-refractivity contribution is 5.89. The van der Waals surface area contributed by atoms with Gasteiger partial charge in [-0.15, -0.1) is 0 Å². The number of amides is 1. The van der Waals surface area contributed by atoms with E-state index >= 15 is 0 Å². The van der Waals surface area contributed by atoms with E-state index in [9.17, 15) is 15.0 Å². The first-order chi connectivity index (χ1) is 11.0. The highest BCUT2D eigenvalue weighted by Crippen LogP contribution is 2.35. The SMILES string of the molecule is CNC(=O)c1noc(CN2CCC3(CC2)C[C@@H](O)[C@@H](O)CO3)n1. The van der Waals surface area contributed by atoms with E-state index < -0.39 is 12.2 Å². The predicted octanol–water partition coefficient (Wildman–Crippen LogP) is -1.09. The zero-order valence-electron chi connectivity index (χ0n) is 13.1. The quantitative estimate of drug-likeness (QED) is 0.640. The molecule has 9 nitrogen and oxygen atoms in total. The first-order valence-electron chi connectivity index (χ1n) is 7.78. The van der Waals surface area contributed by atoms with Gasteiger partial charge in [0.2, 0.25) is 5.89 Å². The van der Waals surface area contributed by atoms with Crippen LogP contribution in [0.15, 0.2) is 4.52 Å². The van der Waals surface area contributed by atoms with E-state index in [0.29, 0.717) is 18.9 Å². The molecule has 3 rings (SSSR count). The molecule has 2 fully saturated rings. The molecule has 1 aromatic heterocycles. The molecular formula is C14H22N4O5. The molecule has 3 heterocycles. The lowest BCUT2D eigenvalue weighted by molar-refractivity contribution is -0.188. The number of rotatable bonds is 3. The lowest BCUT2D eigenvalue weighted by atomic mass is 9.82. The van der Waals surface area contributed by atoms with Gasteiger partial charge in [0.15, 0.2) is 0 Å². The van der Waals surface area contributed by atoms with E-state index in [1.807, 2.05) is 0 Å². The van der Waals surface area contributed by atoms with Crippen molar-refractivity contribution in [2.45, 2.75) is 43.6 Å². The maximum atomic E-state index is 11.4. The Kier molecular flexibility index (Phi) is 4.62. The van der Waals surface area contributed by atoms with Crippen molar-refractivity contribution in [3.8, 4) is 0 Å². The maximum absolute atomic E-state index is 11.4. The van der Waals surface area contributed by atoms with E-state index in [-0.39, 0.29) is 23.9 Å². The second kappa shape index (κ2) is 6.52. The van der Waals surface area contributed by atoms with E-state index in [2.05, 4.69) is 20.4 Å². The topological polar surface area (TPSA) is 121 Å². The van der Waals surface area contributed by atoms with Gasteiger partial charge in [-0.05, 0) is 12.8 Å². The van der Waals surface area contributed by atoms with Gasteiger partial charge in [0.05, 0.1) is 24.9 Å². The van der Waals surface area contributed by atoms with Gasteiger partial charge < -0.3 is 24.8 Å². The van der Waals surface area contributed by atoms with Gasteiger partial charge in [-0.2, -0.15) is 4.98 Å². The van der Waals surface area contributed by atoms with Gasteiger partial charge in [0.1, 0.15) is 6.10 Å². The fourth-order valence-corrected chi connectivity index (χ4v) is 3.13. The summed E-state index contributed by atoms with van der Waals surface area (Å²) >= 11 is 0. The molecule has 23 heavy (non-hydrogen) atoms. The predicted molar refractivity (Wildman–Crippen MR) is 77.5 cm³/mol. The number of nitrogens with one attached hydrogen (secondary N) is 1. The van der Waals surface area contributed by atoms with Crippen LogP contribution in [0.4, 0.5) is 0 Å². The lowest BCUT2D eigenvalue weighted by Crippen LogP contribution is -2.54. The molecule has 2 aliphatic rings. The normalized spacial score (nSPS) is 28.0. The summed E-state index contributed by atoms with van der Waals surface area (Å²) in [5, 5.41) is 25.5. The molecule has 0 saturated carbocycles. The second-order valence-corrected chi connectivity index (χ2v) is 6.20. The average molecular weight is 326 g/mol. The highest BCUT2D eigenvalue weighted by atomic mass is 16.5. The lowest BCUT2D eigenvalue weighted by Gasteiger charge is -2.46. The second-order valence-electron chi connectivity index (χ2n) is 6.20. The van der Waals surface area contributed by atoms with Gasteiger partial charge in [0, 0.05) is 26.6 Å². The first-order valence-corrected chi connectivity index (χ1v) is 7.78. The van der Waals surface area contributed by atoms with Gasteiger partial charge in [-0.1, -0.05) is 5.16 Å². The molecule has 1 amide bonds. The number of hydrogen-bond acceptors (Lipinski definition) is 8. The van der Waals surface area contributed by atoms with Crippen molar-refractivity contribution in [3.05, 3.63) is 11.7 Å². The van der Waals surface area contributed by atoms with Crippen molar-refractivity contribution < 1.29 is 24.3 Å². The minimum absolute atomic E-state index is 0.0312. The Bertz CT molecular complexity index is 555. The Balaban J connectivity index is 1.53. The van der Waals surface area contributed by atoms with Crippen molar-refractivity contribution in [1.29, 1.82) is 0 Å². The first kappa shape index (κ1) is 16.3. The third-order valence-corrected chi connectivity index (χ3v) is 4.61. The largest absolute Gasteiger partial charge is 0.390 e. The van der Waals surface area contributed by atoms with Crippen LogP contribution in [0, 0.1) is 0 Å². The number of nitrogens with zero attached hydrogens (tertiary/aromatic N) is 3. The van der Waals surface area contributed by atoms with Crippen molar-refractivity contribution >= 4 is 5.91 Å². The van der Waals surface area contributed by atoms with Crippen molar-refractivity contribution in [2.24, 2.45) is 0 Å². The summed E-state index contributed by atoms with van der Waals surface area (Å²) in [5.41, 5.74) is -0.350. The van der Waals surface area contributed by atoms with E-state index in [1.165, 1.54) is 7.05 Å². The van der Waals surface area contributed by atoms with Crippen LogP contribution in [0.1, 0.15) is 35.8 Å². The molecule has 2 aliphatic heterocycles. The molecule has 2 atom stereocenters. The number of piperidine rings is 1. The Morgan fingerprint density at radius 3 is 2.78 bits per heavy atom. The van der Waals surface area contributed by atoms with Gasteiger partial charge in [0.25, 0.3) is 11.7 Å². The van der Waals surface area contributed by atoms with Crippen LogP contribution in [0.3, 0.4) is 0 Å². The van der Waals surface area contributed by atoms with Gasteiger partial charge >= 0.3 is 0 Å². The van der Waals surface area contributed by atoms with E-state index in [4.69, 9.17) is 9.26 Å². The number of carbonyl (C=O) groups is 1. The standard InChI is InChI=1S/C14H22N4O5/c1-15-13(21)12-16-11(23-17-12)7-18-4-2-14(3-5-18)6-9(19)10(20)8-22-14/h9-10,19-20H,2-8H2,1H3,(H,15,21)/t9-,10+/m1/s1. The van der Waals surface area contributed by atoms with Crippen LogP contribution in [-0.4, -0.2) is 75.7 Å². The maximum Gasteiger partial charge on any atom is 0.292 e. The Hall–Kier alpha value is -1.55. The Morgan fingerprint density at radius 2 is 2.13 bits per heavy atom. The number of likely N-dealkylation sites (tertiary alicyclic amines) is 1. The molecule has 0 unspecified atom stereocenters. The van der Waals surface area contributed by atoms with Crippen LogP contribution in [-0.2, 0) is 11.3 Å². The fourth-order valence-electron chi connectivity index (χ4n) is 3.13. The van der Waals surface area contributed by atoms with Crippen LogP contribution >= 0.6 is 0 Å². The zero-order chi connectivity index (χ0) is 16.4. The molecule has 0 bridgehead atoms. The molecule has 0 aliphatic carbocycles.